The SMILES string of the molecule is CN=C(NCc1ccc(OCC(C)C)cc1)NCc1coc(-c2ccccc2)n1.I. The van der Waals surface area contributed by atoms with Crippen LogP contribution in [0.15, 0.2) is 70.3 Å². The van der Waals surface area contributed by atoms with Crippen LogP contribution in [0.3, 0.4) is 0 Å². The molecule has 0 aliphatic rings. The first-order valence-electron chi connectivity index (χ1n) is 9.80. The summed E-state index contributed by atoms with van der Waals surface area (Å²) in [6.07, 6.45) is 1.67. The summed E-state index contributed by atoms with van der Waals surface area (Å²) in [5.74, 6) is 2.73. The zero-order valence-corrected chi connectivity index (χ0v) is 19.9. The highest BCUT2D eigenvalue weighted by Gasteiger charge is 2.07. The van der Waals surface area contributed by atoms with Gasteiger partial charge in [-0.3, -0.25) is 4.99 Å². The fraction of sp³-hybridized carbons (Fsp3) is 0.304. The molecule has 6 nitrogen and oxygen atoms in total. The number of halogens is 1. The number of nitrogens with zero attached hydrogens (tertiary/aromatic N) is 2. The first kappa shape index (κ1) is 23.7. The molecule has 0 fully saturated rings. The van der Waals surface area contributed by atoms with Gasteiger partial charge >= 0.3 is 0 Å². The minimum absolute atomic E-state index is 0. The number of aliphatic imine (C=N–C) groups is 1. The molecule has 0 atom stereocenters. The third-order valence-electron chi connectivity index (χ3n) is 4.20. The second-order valence-electron chi connectivity index (χ2n) is 7.14. The lowest BCUT2D eigenvalue weighted by atomic mass is 10.2. The van der Waals surface area contributed by atoms with Crippen LogP contribution in [-0.2, 0) is 13.1 Å². The largest absolute Gasteiger partial charge is 0.493 e. The van der Waals surface area contributed by atoms with Crippen LogP contribution in [-0.4, -0.2) is 24.6 Å². The van der Waals surface area contributed by atoms with Crippen LogP contribution in [0.25, 0.3) is 11.5 Å². The van der Waals surface area contributed by atoms with Gasteiger partial charge in [-0.2, -0.15) is 0 Å². The summed E-state index contributed by atoms with van der Waals surface area (Å²) >= 11 is 0. The average molecular weight is 520 g/mol. The van der Waals surface area contributed by atoms with Crippen molar-refractivity contribution in [2.75, 3.05) is 13.7 Å². The monoisotopic (exact) mass is 520 g/mol. The van der Waals surface area contributed by atoms with Crippen LogP contribution < -0.4 is 15.4 Å². The quantitative estimate of drug-likeness (QED) is 0.252. The van der Waals surface area contributed by atoms with Gasteiger partial charge in [0.05, 0.1) is 18.8 Å². The molecular weight excluding hydrogens is 491 g/mol. The molecule has 1 heterocycles. The Balaban J connectivity index is 0.00000320. The highest BCUT2D eigenvalue weighted by Crippen LogP contribution is 2.17. The molecule has 2 N–H and O–H groups in total. The van der Waals surface area contributed by atoms with Crippen molar-refractivity contribution in [1.82, 2.24) is 15.6 Å². The first-order chi connectivity index (χ1) is 14.1. The van der Waals surface area contributed by atoms with E-state index >= 15 is 0 Å². The molecule has 0 aliphatic heterocycles. The van der Waals surface area contributed by atoms with Gasteiger partial charge in [0.1, 0.15) is 12.0 Å². The minimum atomic E-state index is 0. The zero-order chi connectivity index (χ0) is 20.5. The maximum absolute atomic E-state index is 5.72. The fourth-order valence-corrected chi connectivity index (χ4v) is 2.65. The van der Waals surface area contributed by atoms with Crippen LogP contribution in [0.5, 0.6) is 5.75 Å². The normalized spacial score (nSPS) is 11.1. The van der Waals surface area contributed by atoms with Gasteiger partial charge < -0.3 is 19.8 Å². The van der Waals surface area contributed by atoms with Gasteiger partial charge in [-0.1, -0.05) is 44.2 Å². The van der Waals surface area contributed by atoms with E-state index in [2.05, 4.69) is 46.6 Å². The Morgan fingerprint density at radius 1 is 1.03 bits per heavy atom. The summed E-state index contributed by atoms with van der Waals surface area (Å²) < 4.78 is 11.3. The Labute approximate surface area is 195 Å². The molecule has 7 heteroatoms. The predicted octanol–water partition coefficient (Wildman–Crippen LogP) is 4.86. The molecule has 0 saturated carbocycles. The number of hydrogen-bond acceptors (Lipinski definition) is 4. The molecule has 2 aromatic carbocycles. The summed E-state index contributed by atoms with van der Waals surface area (Å²) in [6, 6.07) is 18.0. The van der Waals surface area contributed by atoms with Crippen LogP contribution in [0.1, 0.15) is 25.1 Å². The number of aromatic nitrogens is 1. The molecule has 1 aromatic heterocycles. The predicted molar refractivity (Wildman–Crippen MR) is 131 cm³/mol. The molecule has 3 aromatic rings. The Hall–Kier alpha value is -2.55. The van der Waals surface area contributed by atoms with E-state index in [-0.39, 0.29) is 24.0 Å². The summed E-state index contributed by atoms with van der Waals surface area (Å²) in [5, 5.41) is 6.56. The maximum Gasteiger partial charge on any atom is 0.226 e. The summed E-state index contributed by atoms with van der Waals surface area (Å²) in [6.45, 7) is 6.19. The minimum Gasteiger partial charge on any atom is -0.493 e. The van der Waals surface area contributed by atoms with Crippen molar-refractivity contribution in [3.8, 4) is 17.2 Å². The van der Waals surface area contributed by atoms with Crippen molar-refractivity contribution in [2.45, 2.75) is 26.9 Å². The number of benzene rings is 2. The second kappa shape index (κ2) is 12.2. The molecule has 0 unspecified atom stereocenters. The van der Waals surface area contributed by atoms with Crippen molar-refractivity contribution in [3.05, 3.63) is 72.1 Å². The number of nitrogens with one attached hydrogen (secondary N) is 2. The molecule has 0 radical (unpaired) electrons. The molecule has 0 spiro atoms. The lowest BCUT2D eigenvalue weighted by Crippen LogP contribution is -2.36. The highest BCUT2D eigenvalue weighted by molar-refractivity contribution is 14.0. The third-order valence-corrected chi connectivity index (χ3v) is 4.20. The number of hydrogen-bond donors (Lipinski definition) is 2. The van der Waals surface area contributed by atoms with Gasteiger partial charge in [0, 0.05) is 19.2 Å². The van der Waals surface area contributed by atoms with E-state index in [1.165, 1.54) is 0 Å². The molecule has 160 valence electrons. The lowest BCUT2D eigenvalue weighted by Gasteiger charge is -2.12. The standard InChI is InChI=1S/C23H28N4O2.HI/c1-17(2)15-28-21-11-9-18(10-12-21)13-25-23(24-3)26-14-20-16-29-22(27-20)19-7-5-4-6-8-19;/h4-12,16-17H,13-15H2,1-3H3,(H2,24,25,26);1H. The maximum atomic E-state index is 5.72. The molecule has 0 amide bonds. The van der Waals surface area contributed by atoms with E-state index in [0.717, 1.165) is 29.2 Å². The second-order valence-corrected chi connectivity index (χ2v) is 7.14. The van der Waals surface area contributed by atoms with Gasteiger partial charge in [0.2, 0.25) is 5.89 Å². The van der Waals surface area contributed by atoms with Crippen molar-refractivity contribution in [1.29, 1.82) is 0 Å². The number of guanidine groups is 1. The van der Waals surface area contributed by atoms with Gasteiger partial charge in [-0.15, -0.1) is 24.0 Å². The number of rotatable bonds is 8. The molecule has 0 aliphatic carbocycles. The van der Waals surface area contributed by atoms with Crippen LogP contribution in [0.2, 0.25) is 0 Å². The molecule has 3 rings (SSSR count). The van der Waals surface area contributed by atoms with Crippen LogP contribution >= 0.6 is 24.0 Å². The number of oxazole rings is 1. The van der Waals surface area contributed by atoms with Gasteiger partial charge in [0.15, 0.2) is 5.96 Å². The van der Waals surface area contributed by atoms with Crippen molar-refractivity contribution >= 4 is 29.9 Å². The van der Waals surface area contributed by atoms with E-state index in [1.807, 2.05) is 42.5 Å². The molecular formula is C23H29IN4O2. The van der Waals surface area contributed by atoms with Crippen molar-refractivity contribution in [3.63, 3.8) is 0 Å². The fourth-order valence-electron chi connectivity index (χ4n) is 2.65. The van der Waals surface area contributed by atoms with Crippen LogP contribution in [0.4, 0.5) is 0 Å². The van der Waals surface area contributed by atoms with Gasteiger partial charge in [-0.05, 0) is 35.7 Å². The Kier molecular flexibility index (Phi) is 9.66. The van der Waals surface area contributed by atoms with Gasteiger partial charge in [-0.25, -0.2) is 4.98 Å². The van der Waals surface area contributed by atoms with Crippen molar-refractivity contribution in [2.24, 2.45) is 10.9 Å². The lowest BCUT2D eigenvalue weighted by molar-refractivity contribution is 0.271. The summed E-state index contributed by atoms with van der Waals surface area (Å²) in [7, 11) is 1.75. The Bertz CT molecular complexity index is 908. The average Bonchev–Trinajstić information content (AvgIpc) is 3.23. The molecule has 30 heavy (non-hydrogen) atoms. The Morgan fingerprint density at radius 3 is 2.40 bits per heavy atom. The Morgan fingerprint density at radius 2 is 1.73 bits per heavy atom. The van der Waals surface area contributed by atoms with Gasteiger partial charge in [0.25, 0.3) is 0 Å². The van der Waals surface area contributed by atoms with Crippen molar-refractivity contribution < 1.29 is 9.15 Å². The smallest absolute Gasteiger partial charge is 0.226 e. The van der Waals surface area contributed by atoms with Crippen LogP contribution in [0, 0.1) is 5.92 Å². The topological polar surface area (TPSA) is 71.7 Å². The van der Waals surface area contributed by atoms with E-state index in [9.17, 15) is 0 Å². The van der Waals surface area contributed by atoms with E-state index in [0.29, 0.717) is 30.9 Å². The van der Waals surface area contributed by atoms with E-state index < -0.39 is 0 Å². The molecule has 0 bridgehead atoms. The zero-order valence-electron chi connectivity index (χ0n) is 17.6. The van der Waals surface area contributed by atoms with E-state index in [4.69, 9.17) is 9.15 Å². The first-order valence-corrected chi connectivity index (χ1v) is 9.80. The van der Waals surface area contributed by atoms with E-state index in [1.54, 1.807) is 13.3 Å². The number of ether oxygens (including phenoxy) is 1. The summed E-state index contributed by atoms with van der Waals surface area (Å²) in [4.78, 5) is 8.78. The summed E-state index contributed by atoms with van der Waals surface area (Å²) in [5.41, 5.74) is 2.93. The highest BCUT2D eigenvalue weighted by atomic mass is 127. The molecule has 0 saturated heterocycles. The third kappa shape index (κ3) is 7.37.